The number of anilines is 1. The predicted octanol–water partition coefficient (Wildman–Crippen LogP) is 3.83. The molecule has 0 aliphatic carbocycles. The van der Waals surface area contributed by atoms with Crippen molar-refractivity contribution >= 4 is 23.5 Å². The summed E-state index contributed by atoms with van der Waals surface area (Å²) >= 11 is 0. The molecule has 15 heteroatoms. The number of likely N-dealkylation sites (tertiary alicyclic amines) is 1. The Morgan fingerprint density at radius 1 is 1.12 bits per heavy atom. The number of amides is 3. The summed E-state index contributed by atoms with van der Waals surface area (Å²) in [6.07, 6.45) is -1.48. The fourth-order valence-electron chi connectivity index (χ4n) is 7.12. The fraction of sp³-hybridized carbons (Fsp3) is 0.361. The van der Waals surface area contributed by atoms with Gasteiger partial charge in [0.1, 0.15) is 17.6 Å². The van der Waals surface area contributed by atoms with E-state index in [2.05, 4.69) is 27.0 Å². The highest BCUT2D eigenvalue weighted by atomic mass is 19.4. The summed E-state index contributed by atoms with van der Waals surface area (Å²) in [5, 5.41) is 10.7. The number of para-hydroxylation sites is 1. The van der Waals surface area contributed by atoms with Crippen LogP contribution in [0.5, 0.6) is 0 Å². The molecule has 0 bridgehead atoms. The highest BCUT2D eigenvalue weighted by molar-refractivity contribution is 6.04. The van der Waals surface area contributed by atoms with Gasteiger partial charge < -0.3 is 15.0 Å². The maximum atomic E-state index is 14.3. The van der Waals surface area contributed by atoms with Crippen LogP contribution in [-0.4, -0.2) is 98.6 Å². The molecule has 5 heterocycles. The molecule has 2 saturated heterocycles. The fourth-order valence-corrected chi connectivity index (χ4v) is 7.12. The first kappa shape index (κ1) is 34.2. The number of rotatable bonds is 10. The third-order valence-corrected chi connectivity index (χ3v) is 9.93. The lowest BCUT2D eigenvalue weighted by molar-refractivity contribution is -0.212. The molecule has 1 spiro atoms. The quantitative estimate of drug-likeness (QED) is 0.250. The lowest BCUT2D eigenvalue weighted by Gasteiger charge is -2.57. The number of nitrogens with one attached hydrogen (secondary N) is 1. The summed E-state index contributed by atoms with van der Waals surface area (Å²) in [6, 6.07) is 16.4. The second kappa shape index (κ2) is 13.1. The molecule has 2 fully saturated rings. The number of benzene rings is 2. The van der Waals surface area contributed by atoms with E-state index in [1.807, 2.05) is 48.5 Å². The topological polar surface area (TPSA) is 118 Å². The number of nitrogens with zero attached hydrogens (tertiary/aromatic N) is 7. The Kier molecular flexibility index (Phi) is 8.79. The van der Waals surface area contributed by atoms with Crippen molar-refractivity contribution in [3.8, 4) is 5.69 Å². The Balaban J connectivity index is 1.20. The molecule has 7 rings (SSSR count). The number of fused-ring (bicyclic) bond motifs is 1. The first-order valence-corrected chi connectivity index (χ1v) is 16.6. The van der Waals surface area contributed by atoms with Crippen LogP contribution in [0.2, 0.25) is 0 Å². The Morgan fingerprint density at radius 3 is 2.51 bits per heavy atom. The molecule has 0 radical (unpaired) electrons. The number of ether oxygens (including phenoxy) is 1. The Labute approximate surface area is 292 Å². The van der Waals surface area contributed by atoms with Crippen LogP contribution in [0.4, 0.5) is 19.0 Å². The summed E-state index contributed by atoms with van der Waals surface area (Å²) in [5.74, 6) is -1.87. The van der Waals surface area contributed by atoms with Gasteiger partial charge in [-0.15, -0.1) is 13.2 Å². The minimum absolute atomic E-state index is 0.0262. The van der Waals surface area contributed by atoms with E-state index < -0.39 is 35.8 Å². The van der Waals surface area contributed by atoms with Gasteiger partial charge in [-0.05, 0) is 42.7 Å². The average Bonchev–Trinajstić information content (AvgIpc) is 3.75. The van der Waals surface area contributed by atoms with Crippen molar-refractivity contribution in [2.75, 3.05) is 44.8 Å². The highest BCUT2D eigenvalue weighted by Gasteiger charge is 2.51. The summed E-state index contributed by atoms with van der Waals surface area (Å²) in [6.45, 7) is 9.02. The second-order valence-electron chi connectivity index (χ2n) is 13.2. The standard InChI is InChI=1S/C36H37F3N8O4/c1-4-45-32-27(18-40-47(32)26-11-6-5-7-12-26)29(30(34(45)50)41-31(48)28-13-15-46(42-28)36(37,38)39)25-10-8-9-24(17-25)20-43(3)33(49)23(2)19-44-16-14-35(44)21-51-22-35/h5-13,15,17-18,29-30H,2,4,14,16,19-22H2,1,3H3,(H,41,48)/t29-,30+/m1/s1. The van der Waals surface area contributed by atoms with E-state index in [0.717, 1.165) is 24.6 Å². The van der Waals surface area contributed by atoms with Crippen LogP contribution >= 0.6 is 0 Å². The van der Waals surface area contributed by atoms with Gasteiger partial charge in [-0.1, -0.05) is 49.0 Å². The summed E-state index contributed by atoms with van der Waals surface area (Å²) in [4.78, 5) is 46.5. The lowest BCUT2D eigenvalue weighted by atomic mass is 9.81. The summed E-state index contributed by atoms with van der Waals surface area (Å²) in [7, 11) is 1.70. The van der Waals surface area contributed by atoms with Crippen LogP contribution in [0.1, 0.15) is 46.4 Å². The molecule has 3 aliphatic rings. The predicted molar refractivity (Wildman–Crippen MR) is 180 cm³/mol. The summed E-state index contributed by atoms with van der Waals surface area (Å²) in [5.41, 5.74) is 2.76. The van der Waals surface area contributed by atoms with Crippen molar-refractivity contribution in [2.24, 2.45) is 0 Å². The minimum atomic E-state index is -4.81. The van der Waals surface area contributed by atoms with Gasteiger partial charge in [0.25, 0.3) is 17.7 Å². The third kappa shape index (κ3) is 6.20. The van der Waals surface area contributed by atoms with Gasteiger partial charge in [-0.2, -0.15) is 14.9 Å². The number of halogens is 3. The largest absolute Gasteiger partial charge is 0.504 e. The third-order valence-electron chi connectivity index (χ3n) is 9.93. The zero-order valence-electron chi connectivity index (χ0n) is 28.1. The van der Waals surface area contributed by atoms with Crippen LogP contribution < -0.4 is 10.2 Å². The number of hydrogen-bond donors (Lipinski definition) is 1. The molecule has 0 saturated carbocycles. The zero-order valence-corrected chi connectivity index (χ0v) is 28.1. The maximum absolute atomic E-state index is 14.3. The van der Waals surface area contributed by atoms with E-state index in [9.17, 15) is 27.6 Å². The monoisotopic (exact) mass is 702 g/mol. The maximum Gasteiger partial charge on any atom is 0.504 e. The lowest BCUT2D eigenvalue weighted by Crippen LogP contribution is -2.71. The molecule has 0 unspecified atom stereocenters. The molecule has 1 N–H and O–H groups in total. The Morgan fingerprint density at radius 2 is 1.88 bits per heavy atom. The van der Waals surface area contributed by atoms with Gasteiger partial charge in [-0.3, -0.25) is 24.2 Å². The van der Waals surface area contributed by atoms with E-state index in [-0.39, 0.29) is 29.2 Å². The van der Waals surface area contributed by atoms with Crippen molar-refractivity contribution in [2.45, 2.75) is 43.7 Å². The molecule has 3 aliphatic heterocycles. The molecule has 12 nitrogen and oxygen atoms in total. The number of aromatic nitrogens is 4. The van der Waals surface area contributed by atoms with Crippen molar-refractivity contribution in [3.05, 3.63) is 108 Å². The van der Waals surface area contributed by atoms with Crippen molar-refractivity contribution in [1.29, 1.82) is 0 Å². The normalized spacial score (nSPS) is 19.6. The number of carbonyl (C=O) groups excluding carboxylic acids is 3. The number of carbonyl (C=O) groups is 3. The van der Waals surface area contributed by atoms with E-state index in [1.54, 1.807) is 35.8 Å². The molecule has 2 atom stereocenters. The molecular formula is C36H37F3N8O4. The average molecular weight is 703 g/mol. The second-order valence-corrected chi connectivity index (χ2v) is 13.2. The molecule has 2 aromatic heterocycles. The van der Waals surface area contributed by atoms with Crippen LogP contribution in [0.25, 0.3) is 5.69 Å². The van der Waals surface area contributed by atoms with E-state index in [0.29, 0.717) is 54.2 Å². The number of alkyl halides is 3. The van der Waals surface area contributed by atoms with Gasteiger partial charge in [0.2, 0.25) is 0 Å². The molecular weight excluding hydrogens is 665 g/mol. The number of likely N-dealkylation sites (N-methyl/N-ethyl adjacent to an activating group) is 2. The van der Waals surface area contributed by atoms with Gasteiger partial charge in [0, 0.05) is 56.5 Å². The van der Waals surface area contributed by atoms with Crippen LogP contribution in [0, 0.1) is 0 Å². The summed E-state index contributed by atoms with van der Waals surface area (Å²) < 4.78 is 46.6. The van der Waals surface area contributed by atoms with Gasteiger partial charge in [0.05, 0.1) is 30.6 Å². The Hall–Kier alpha value is -5.28. The molecule has 266 valence electrons. The van der Waals surface area contributed by atoms with Crippen molar-refractivity contribution in [1.82, 2.24) is 34.7 Å². The SMILES string of the molecule is C=C(CN1CCC12COC2)C(=O)N(C)Cc1cccc([C@@H]2c3cnn(-c4ccccc4)c3N(CC)C(=O)[C@H]2NC(=O)c2ccn(C(F)(F)F)n2)c1. The molecule has 3 amide bonds. The molecule has 51 heavy (non-hydrogen) atoms. The van der Waals surface area contributed by atoms with Gasteiger partial charge in [-0.25, -0.2) is 4.68 Å². The van der Waals surface area contributed by atoms with Gasteiger partial charge >= 0.3 is 6.30 Å². The van der Waals surface area contributed by atoms with Crippen LogP contribution in [-0.2, 0) is 27.2 Å². The first-order valence-electron chi connectivity index (χ1n) is 16.6. The van der Waals surface area contributed by atoms with E-state index in [1.165, 1.54) is 4.90 Å². The minimum Gasteiger partial charge on any atom is -0.377 e. The molecule has 2 aromatic carbocycles. The van der Waals surface area contributed by atoms with Crippen molar-refractivity contribution < 1.29 is 32.3 Å². The molecule has 4 aromatic rings. The zero-order chi connectivity index (χ0) is 36.1. The van der Waals surface area contributed by atoms with Crippen LogP contribution in [0.3, 0.4) is 0 Å². The van der Waals surface area contributed by atoms with Crippen LogP contribution in [0.15, 0.2) is 85.2 Å². The Bertz CT molecular complexity index is 1980. The van der Waals surface area contributed by atoms with Crippen molar-refractivity contribution in [3.63, 3.8) is 0 Å². The van der Waals surface area contributed by atoms with E-state index >= 15 is 0 Å². The van der Waals surface area contributed by atoms with Gasteiger partial charge in [0.15, 0.2) is 0 Å². The first-order chi connectivity index (χ1) is 24.4. The highest BCUT2D eigenvalue weighted by Crippen LogP contribution is 2.42. The van der Waals surface area contributed by atoms with E-state index in [4.69, 9.17) is 4.74 Å². The smallest absolute Gasteiger partial charge is 0.377 e. The number of hydrogen-bond acceptors (Lipinski definition) is 7.